The molecule has 2 aromatic rings. The third-order valence-electron chi connectivity index (χ3n) is 4.12. The van der Waals surface area contributed by atoms with Crippen molar-refractivity contribution in [3.05, 3.63) is 29.8 Å². The van der Waals surface area contributed by atoms with Gasteiger partial charge in [0.1, 0.15) is 0 Å². The van der Waals surface area contributed by atoms with Gasteiger partial charge in [0, 0.05) is 35.7 Å². The Balaban J connectivity index is 2.31. The van der Waals surface area contributed by atoms with E-state index < -0.39 is 0 Å². The second-order valence-corrected chi connectivity index (χ2v) is 6.53. The molecular formula is C15H20N2S. The van der Waals surface area contributed by atoms with Gasteiger partial charge in [-0.15, -0.1) is 11.8 Å². The lowest BCUT2D eigenvalue weighted by molar-refractivity contribution is 0.424. The van der Waals surface area contributed by atoms with Crippen LogP contribution in [-0.2, 0) is 12.5 Å². The highest BCUT2D eigenvalue weighted by Crippen LogP contribution is 2.46. The summed E-state index contributed by atoms with van der Waals surface area (Å²) in [5.41, 5.74) is 3.17. The van der Waals surface area contributed by atoms with Crippen LogP contribution in [0.1, 0.15) is 18.9 Å². The molecule has 1 aromatic carbocycles. The average molecular weight is 260 g/mol. The van der Waals surface area contributed by atoms with Crippen LogP contribution in [0.15, 0.2) is 29.3 Å². The second kappa shape index (κ2) is 4.32. The molecule has 18 heavy (non-hydrogen) atoms. The van der Waals surface area contributed by atoms with Crippen LogP contribution in [0.2, 0.25) is 0 Å². The zero-order valence-corrected chi connectivity index (χ0v) is 12.1. The van der Waals surface area contributed by atoms with Gasteiger partial charge < -0.3 is 9.88 Å². The highest BCUT2D eigenvalue weighted by molar-refractivity contribution is 7.99. The van der Waals surface area contributed by atoms with Crippen molar-refractivity contribution in [3.63, 3.8) is 0 Å². The topological polar surface area (TPSA) is 17.0 Å². The molecule has 0 fully saturated rings. The van der Waals surface area contributed by atoms with Gasteiger partial charge in [-0.2, -0.15) is 0 Å². The molecule has 0 saturated heterocycles. The predicted octanol–water partition coefficient (Wildman–Crippen LogP) is 3.15. The SMILES string of the molecule is CNCC1(C)CCSc2c1c1ccccc1n2C. The van der Waals surface area contributed by atoms with Crippen molar-refractivity contribution in [2.75, 3.05) is 19.3 Å². The highest BCUT2D eigenvalue weighted by atomic mass is 32.2. The fourth-order valence-corrected chi connectivity index (χ4v) is 4.73. The fraction of sp³-hybridized carbons (Fsp3) is 0.467. The van der Waals surface area contributed by atoms with Crippen LogP contribution in [0, 0.1) is 0 Å². The summed E-state index contributed by atoms with van der Waals surface area (Å²) in [5, 5.41) is 6.26. The number of para-hydroxylation sites is 1. The molecule has 0 saturated carbocycles. The van der Waals surface area contributed by atoms with Crippen molar-refractivity contribution in [2.24, 2.45) is 7.05 Å². The Morgan fingerprint density at radius 1 is 1.39 bits per heavy atom. The van der Waals surface area contributed by atoms with Gasteiger partial charge in [-0.25, -0.2) is 0 Å². The largest absolute Gasteiger partial charge is 0.339 e. The quantitative estimate of drug-likeness (QED) is 0.893. The average Bonchev–Trinajstić information content (AvgIpc) is 2.66. The number of rotatable bonds is 2. The minimum absolute atomic E-state index is 0.260. The third kappa shape index (κ3) is 1.61. The summed E-state index contributed by atoms with van der Waals surface area (Å²) in [4.78, 5) is 0. The molecule has 1 aliphatic heterocycles. The highest BCUT2D eigenvalue weighted by Gasteiger charge is 2.35. The zero-order valence-electron chi connectivity index (χ0n) is 11.3. The van der Waals surface area contributed by atoms with E-state index in [4.69, 9.17) is 0 Å². The van der Waals surface area contributed by atoms with Crippen molar-refractivity contribution in [3.8, 4) is 0 Å². The van der Waals surface area contributed by atoms with Gasteiger partial charge in [-0.3, -0.25) is 0 Å². The Morgan fingerprint density at radius 2 is 2.17 bits per heavy atom. The lowest BCUT2D eigenvalue weighted by Crippen LogP contribution is -2.36. The molecule has 0 bridgehead atoms. The molecule has 1 unspecified atom stereocenters. The number of benzene rings is 1. The van der Waals surface area contributed by atoms with Gasteiger partial charge in [-0.05, 0) is 25.1 Å². The minimum atomic E-state index is 0.260. The fourth-order valence-electron chi connectivity index (χ4n) is 3.19. The summed E-state index contributed by atoms with van der Waals surface area (Å²) in [5.74, 6) is 1.22. The van der Waals surface area contributed by atoms with Crippen molar-refractivity contribution in [1.29, 1.82) is 0 Å². The maximum Gasteiger partial charge on any atom is 0.0795 e. The molecule has 1 atom stereocenters. The van der Waals surface area contributed by atoms with Gasteiger partial charge in [0.25, 0.3) is 0 Å². The molecular weight excluding hydrogens is 240 g/mol. The molecule has 0 aliphatic carbocycles. The zero-order chi connectivity index (χ0) is 12.8. The standard InChI is InChI=1S/C15H20N2S/c1-15(10-16-2)8-9-18-14-13(15)11-6-4-5-7-12(11)17(14)3/h4-7,16H,8-10H2,1-3H3. The predicted molar refractivity (Wildman–Crippen MR) is 79.5 cm³/mol. The lowest BCUT2D eigenvalue weighted by Gasteiger charge is -2.34. The summed E-state index contributed by atoms with van der Waals surface area (Å²) >= 11 is 2.00. The molecule has 0 amide bonds. The van der Waals surface area contributed by atoms with E-state index in [1.807, 2.05) is 11.8 Å². The summed E-state index contributed by atoms with van der Waals surface area (Å²) in [6.07, 6.45) is 1.25. The van der Waals surface area contributed by atoms with Crippen molar-refractivity contribution < 1.29 is 0 Å². The Kier molecular flexibility index (Phi) is 2.91. The number of nitrogens with one attached hydrogen (secondary N) is 1. The van der Waals surface area contributed by atoms with E-state index >= 15 is 0 Å². The van der Waals surface area contributed by atoms with Crippen molar-refractivity contribution in [1.82, 2.24) is 9.88 Å². The normalized spacial score (nSPS) is 23.3. The molecule has 1 aromatic heterocycles. The van der Waals surface area contributed by atoms with Gasteiger partial charge in [0.15, 0.2) is 0 Å². The van der Waals surface area contributed by atoms with Crippen molar-refractivity contribution in [2.45, 2.75) is 23.8 Å². The van der Waals surface area contributed by atoms with Gasteiger partial charge >= 0.3 is 0 Å². The Labute approximate surface area is 113 Å². The van der Waals surface area contributed by atoms with Crippen LogP contribution in [0.25, 0.3) is 10.9 Å². The molecule has 2 nitrogen and oxygen atoms in total. The summed E-state index contributed by atoms with van der Waals surface area (Å²) < 4.78 is 2.36. The second-order valence-electron chi connectivity index (χ2n) is 5.45. The molecule has 0 spiro atoms. The summed E-state index contributed by atoms with van der Waals surface area (Å²) in [6.45, 7) is 3.45. The van der Waals surface area contributed by atoms with E-state index in [2.05, 4.69) is 55.2 Å². The van der Waals surface area contributed by atoms with E-state index in [9.17, 15) is 0 Å². The van der Waals surface area contributed by atoms with E-state index in [1.54, 1.807) is 5.56 Å². The number of hydrogen-bond acceptors (Lipinski definition) is 2. The molecule has 0 radical (unpaired) electrons. The van der Waals surface area contributed by atoms with Crippen LogP contribution in [-0.4, -0.2) is 23.9 Å². The Hall–Kier alpha value is -0.930. The first-order valence-electron chi connectivity index (χ1n) is 6.53. The maximum atomic E-state index is 3.37. The summed E-state index contributed by atoms with van der Waals surface area (Å²) in [6, 6.07) is 8.79. The number of aryl methyl sites for hydroxylation is 1. The molecule has 1 aliphatic rings. The van der Waals surface area contributed by atoms with E-state index in [0.29, 0.717) is 0 Å². The van der Waals surface area contributed by atoms with Crippen LogP contribution in [0.3, 0.4) is 0 Å². The Morgan fingerprint density at radius 3 is 2.94 bits per heavy atom. The third-order valence-corrected chi connectivity index (χ3v) is 5.28. The summed E-state index contributed by atoms with van der Waals surface area (Å²) in [7, 11) is 4.25. The molecule has 3 rings (SSSR count). The molecule has 3 heteroatoms. The lowest BCUT2D eigenvalue weighted by atomic mass is 9.79. The first kappa shape index (κ1) is 12.1. The number of hydrogen-bond donors (Lipinski definition) is 1. The minimum Gasteiger partial charge on any atom is -0.339 e. The number of aromatic nitrogens is 1. The first-order chi connectivity index (χ1) is 8.67. The number of nitrogens with zero attached hydrogens (tertiary/aromatic N) is 1. The van der Waals surface area contributed by atoms with Gasteiger partial charge in [-0.1, -0.05) is 25.1 Å². The first-order valence-corrected chi connectivity index (χ1v) is 7.51. The van der Waals surface area contributed by atoms with E-state index in [1.165, 1.54) is 28.1 Å². The van der Waals surface area contributed by atoms with Gasteiger partial charge in [0.2, 0.25) is 0 Å². The smallest absolute Gasteiger partial charge is 0.0795 e. The number of fused-ring (bicyclic) bond motifs is 3. The van der Waals surface area contributed by atoms with Crippen LogP contribution < -0.4 is 5.32 Å². The monoisotopic (exact) mass is 260 g/mol. The maximum absolute atomic E-state index is 3.37. The molecule has 1 N–H and O–H groups in total. The molecule has 96 valence electrons. The number of likely N-dealkylation sites (N-methyl/N-ethyl adjacent to an activating group) is 1. The van der Waals surface area contributed by atoms with Crippen LogP contribution >= 0.6 is 11.8 Å². The van der Waals surface area contributed by atoms with E-state index in [0.717, 1.165) is 6.54 Å². The Bertz CT molecular complexity index is 587. The van der Waals surface area contributed by atoms with Crippen molar-refractivity contribution >= 4 is 22.7 Å². The van der Waals surface area contributed by atoms with Crippen LogP contribution in [0.4, 0.5) is 0 Å². The van der Waals surface area contributed by atoms with Crippen LogP contribution in [0.5, 0.6) is 0 Å². The van der Waals surface area contributed by atoms with Gasteiger partial charge in [0.05, 0.1) is 5.03 Å². The number of thioether (sulfide) groups is 1. The van der Waals surface area contributed by atoms with E-state index in [-0.39, 0.29) is 5.41 Å². The molecule has 2 heterocycles.